The molecule has 1 heterocycles. The molecule has 0 spiro atoms. The predicted octanol–water partition coefficient (Wildman–Crippen LogP) is 5.25. The Labute approximate surface area is 183 Å². The van der Waals surface area contributed by atoms with Gasteiger partial charge in [0.05, 0.1) is 13.0 Å². The van der Waals surface area contributed by atoms with Crippen LogP contribution in [0, 0.1) is 0 Å². The van der Waals surface area contributed by atoms with Gasteiger partial charge in [-0.1, -0.05) is 91.0 Å². The fourth-order valence-electron chi connectivity index (χ4n) is 2.84. The normalized spacial score (nSPS) is 10.2. The quantitative estimate of drug-likeness (QED) is 0.244. The summed E-state index contributed by atoms with van der Waals surface area (Å²) in [4.78, 5) is 10.8. The van der Waals surface area contributed by atoms with Crippen molar-refractivity contribution in [2.45, 2.75) is 5.88 Å². The SMILES string of the molecule is COC(=O)c1ccc(CCl)o1.c1ccc(P(c2ccccc2)c2ccccc2)cc1. The van der Waals surface area contributed by atoms with Crippen LogP contribution in [0.2, 0.25) is 0 Å². The van der Waals surface area contributed by atoms with Crippen molar-refractivity contribution in [3.05, 3.63) is 115 Å². The van der Waals surface area contributed by atoms with Crippen LogP contribution in [0.25, 0.3) is 0 Å². The van der Waals surface area contributed by atoms with Gasteiger partial charge in [0.1, 0.15) is 5.76 Å². The van der Waals surface area contributed by atoms with Crippen molar-refractivity contribution in [1.29, 1.82) is 0 Å². The van der Waals surface area contributed by atoms with Crippen molar-refractivity contribution in [2.75, 3.05) is 7.11 Å². The fourth-order valence-corrected chi connectivity index (χ4v) is 5.29. The van der Waals surface area contributed by atoms with Crippen LogP contribution in [0.3, 0.4) is 0 Å². The summed E-state index contributed by atoms with van der Waals surface area (Å²) in [7, 11) is 0.851. The molecule has 0 saturated heterocycles. The number of methoxy groups -OCH3 is 1. The Morgan fingerprint density at radius 2 is 1.20 bits per heavy atom. The minimum absolute atomic E-state index is 0.183. The molecule has 0 aliphatic heterocycles. The maximum Gasteiger partial charge on any atom is 0.373 e. The molecule has 4 rings (SSSR count). The van der Waals surface area contributed by atoms with Gasteiger partial charge in [-0.3, -0.25) is 0 Å². The van der Waals surface area contributed by atoms with Crippen molar-refractivity contribution < 1.29 is 13.9 Å². The van der Waals surface area contributed by atoms with Crippen LogP contribution in [-0.4, -0.2) is 13.1 Å². The zero-order chi connectivity index (χ0) is 21.2. The van der Waals surface area contributed by atoms with Gasteiger partial charge < -0.3 is 9.15 Å². The highest BCUT2D eigenvalue weighted by atomic mass is 35.5. The number of furan rings is 1. The van der Waals surface area contributed by atoms with E-state index in [1.54, 1.807) is 6.07 Å². The van der Waals surface area contributed by atoms with E-state index in [4.69, 9.17) is 16.0 Å². The first-order valence-electron chi connectivity index (χ1n) is 9.41. The van der Waals surface area contributed by atoms with Gasteiger partial charge in [0.25, 0.3) is 0 Å². The number of halogens is 1. The Morgan fingerprint density at radius 3 is 1.53 bits per heavy atom. The third kappa shape index (κ3) is 5.82. The highest BCUT2D eigenvalue weighted by molar-refractivity contribution is 7.79. The average molecular weight is 437 g/mol. The van der Waals surface area contributed by atoms with E-state index < -0.39 is 13.9 Å². The first-order chi connectivity index (χ1) is 14.7. The summed E-state index contributed by atoms with van der Waals surface area (Å²) >= 11 is 5.44. The van der Waals surface area contributed by atoms with Crippen molar-refractivity contribution >= 4 is 41.4 Å². The molecule has 0 N–H and O–H groups in total. The van der Waals surface area contributed by atoms with E-state index in [0.717, 1.165) is 0 Å². The van der Waals surface area contributed by atoms with E-state index in [9.17, 15) is 4.79 Å². The third-order valence-electron chi connectivity index (χ3n) is 4.22. The Morgan fingerprint density at radius 1 is 0.767 bits per heavy atom. The second-order valence-corrected chi connectivity index (χ2v) is 8.72. The van der Waals surface area contributed by atoms with Crippen molar-refractivity contribution in [1.82, 2.24) is 0 Å². The number of alkyl halides is 1. The molecular formula is C25H22ClO3P. The summed E-state index contributed by atoms with van der Waals surface area (Å²) in [6.45, 7) is 0. The van der Waals surface area contributed by atoms with E-state index in [2.05, 4.69) is 95.7 Å². The molecule has 152 valence electrons. The lowest BCUT2D eigenvalue weighted by Gasteiger charge is -2.18. The summed E-state index contributed by atoms with van der Waals surface area (Å²) in [6, 6.07) is 35.5. The van der Waals surface area contributed by atoms with Crippen LogP contribution in [0.4, 0.5) is 0 Å². The molecule has 0 bridgehead atoms. The highest BCUT2D eigenvalue weighted by Gasteiger charge is 2.15. The smallest absolute Gasteiger partial charge is 0.373 e. The van der Waals surface area contributed by atoms with Crippen molar-refractivity contribution in [3.8, 4) is 0 Å². The lowest BCUT2D eigenvalue weighted by molar-refractivity contribution is 0.0563. The van der Waals surface area contributed by atoms with E-state index in [0.29, 0.717) is 5.76 Å². The largest absolute Gasteiger partial charge is 0.463 e. The third-order valence-corrected chi connectivity index (χ3v) is 6.93. The van der Waals surface area contributed by atoms with Crippen LogP contribution in [0.1, 0.15) is 16.3 Å². The van der Waals surface area contributed by atoms with Crippen LogP contribution in [-0.2, 0) is 10.6 Å². The summed E-state index contributed by atoms with van der Waals surface area (Å²) in [6.07, 6.45) is 0. The van der Waals surface area contributed by atoms with E-state index in [-0.39, 0.29) is 11.6 Å². The molecule has 4 aromatic rings. The molecule has 5 heteroatoms. The lowest BCUT2D eigenvalue weighted by Crippen LogP contribution is -2.20. The number of esters is 1. The van der Waals surface area contributed by atoms with Crippen LogP contribution in [0.15, 0.2) is 108 Å². The van der Waals surface area contributed by atoms with E-state index in [1.165, 1.54) is 29.1 Å². The number of ether oxygens (including phenoxy) is 1. The van der Waals surface area contributed by atoms with Gasteiger partial charge in [0.15, 0.2) is 0 Å². The van der Waals surface area contributed by atoms with Gasteiger partial charge in [-0.2, -0.15) is 0 Å². The molecule has 0 saturated carbocycles. The molecule has 0 aliphatic rings. The summed E-state index contributed by atoms with van der Waals surface area (Å²) in [5, 5.41) is 4.19. The monoisotopic (exact) mass is 436 g/mol. The van der Waals surface area contributed by atoms with Gasteiger partial charge in [0.2, 0.25) is 5.76 Å². The molecular weight excluding hydrogens is 415 g/mol. The van der Waals surface area contributed by atoms with Gasteiger partial charge in [-0.15, -0.1) is 11.6 Å². The van der Waals surface area contributed by atoms with E-state index >= 15 is 0 Å². The zero-order valence-corrected chi connectivity index (χ0v) is 18.2. The Bertz CT molecular complexity index is 940. The number of hydrogen-bond donors (Lipinski definition) is 0. The van der Waals surface area contributed by atoms with Crippen LogP contribution < -0.4 is 15.9 Å². The molecule has 3 nitrogen and oxygen atoms in total. The van der Waals surface area contributed by atoms with Gasteiger partial charge in [-0.05, 0) is 36.0 Å². The molecule has 0 radical (unpaired) electrons. The minimum Gasteiger partial charge on any atom is -0.463 e. The molecule has 0 atom stereocenters. The molecule has 0 fully saturated rings. The molecule has 0 aliphatic carbocycles. The maximum atomic E-state index is 10.8. The molecule has 30 heavy (non-hydrogen) atoms. The van der Waals surface area contributed by atoms with Crippen molar-refractivity contribution in [2.24, 2.45) is 0 Å². The Kier molecular flexibility index (Phi) is 8.26. The fraction of sp³-hybridized carbons (Fsp3) is 0.0800. The van der Waals surface area contributed by atoms with E-state index in [1.807, 2.05) is 0 Å². The molecule has 0 unspecified atom stereocenters. The number of hydrogen-bond acceptors (Lipinski definition) is 3. The first-order valence-corrected chi connectivity index (χ1v) is 11.3. The van der Waals surface area contributed by atoms with Crippen molar-refractivity contribution in [3.63, 3.8) is 0 Å². The Balaban J connectivity index is 0.000000199. The van der Waals surface area contributed by atoms with Crippen LogP contribution in [0.5, 0.6) is 0 Å². The average Bonchev–Trinajstić information content (AvgIpc) is 3.31. The van der Waals surface area contributed by atoms with Gasteiger partial charge in [0, 0.05) is 0 Å². The topological polar surface area (TPSA) is 39.4 Å². The summed E-state index contributed by atoms with van der Waals surface area (Å²) in [5.74, 6) is 0.522. The second-order valence-electron chi connectivity index (χ2n) is 6.23. The number of carbonyl (C=O) groups excluding carboxylic acids is 1. The predicted molar refractivity (Wildman–Crippen MR) is 125 cm³/mol. The second kappa shape index (κ2) is 11.3. The summed E-state index contributed by atoms with van der Waals surface area (Å²) < 4.78 is 9.40. The molecule has 3 aromatic carbocycles. The number of benzene rings is 3. The highest BCUT2D eigenvalue weighted by Crippen LogP contribution is 2.32. The standard InChI is InChI=1S/C18H15P.C7H7ClO3/c1-4-10-16(11-5-1)19(17-12-6-2-7-13-17)18-14-8-3-9-15-18;1-10-7(9)6-3-2-5(4-8)11-6/h1-15H;2-3H,4H2,1H3. The number of carbonyl (C=O) groups is 1. The minimum atomic E-state index is -0.485. The number of rotatable bonds is 5. The maximum absolute atomic E-state index is 10.8. The Hall–Kier alpha value is -2.87. The molecule has 0 amide bonds. The molecule has 1 aromatic heterocycles. The zero-order valence-electron chi connectivity index (χ0n) is 16.6. The van der Waals surface area contributed by atoms with Gasteiger partial charge in [-0.25, -0.2) is 4.79 Å². The summed E-state index contributed by atoms with van der Waals surface area (Å²) in [5.41, 5.74) is 0. The van der Waals surface area contributed by atoms with Crippen LogP contribution >= 0.6 is 19.5 Å². The lowest BCUT2D eigenvalue weighted by atomic mass is 10.4. The van der Waals surface area contributed by atoms with Gasteiger partial charge >= 0.3 is 5.97 Å². The first kappa shape index (κ1) is 21.8.